The molecule has 0 aliphatic rings. The van der Waals surface area contributed by atoms with E-state index in [0.717, 1.165) is 0 Å². The molecule has 0 spiro atoms. The van der Waals surface area contributed by atoms with Gasteiger partial charge in [0.15, 0.2) is 5.82 Å². The summed E-state index contributed by atoms with van der Waals surface area (Å²) in [5.41, 5.74) is 0. The van der Waals surface area contributed by atoms with E-state index in [1.807, 2.05) is 0 Å². The molecule has 104 valence electrons. The quantitative estimate of drug-likeness (QED) is 0.717. The average molecular weight is 288 g/mol. The highest BCUT2D eigenvalue weighted by Crippen LogP contribution is 2.15. The third-order valence-electron chi connectivity index (χ3n) is 2.04. The van der Waals surface area contributed by atoms with E-state index < -0.39 is 12.8 Å². The molecule has 0 unspecified atom stereocenters. The van der Waals surface area contributed by atoms with Crippen LogP contribution in [-0.2, 0) is 28.5 Å². The molecule has 0 aromatic carbocycles. The molecule has 5 nitrogen and oxygen atoms in total. The first-order valence-electron chi connectivity index (χ1n) is 5.08. The summed E-state index contributed by atoms with van der Waals surface area (Å²) in [7, 11) is 1.52. The Morgan fingerprint density at radius 1 is 1.28 bits per heavy atom. The molecule has 0 bridgehead atoms. The maximum absolute atomic E-state index is 11.9. The maximum Gasteiger partial charge on any atom is 0.411 e. The van der Waals surface area contributed by atoms with Gasteiger partial charge in [0.2, 0.25) is 0 Å². The highest BCUT2D eigenvalue weighted by Gasteiger charge is 2.27. The zero-order chi connectivity index (χ0) is 13.6. The van der Waals surface area contributed by atoms with Crippen molar-refractivity contribution in [1.82, 2.24) is 14.8 Å². The number of hydrogen-bond acceptors (Lipinski definition) is 4. The van der Waals surface area contributed by atoms with Crippen molar-refractivity contribution in [2.24, 2.45) is 0 Å². The third kappa shape index (κ3) is 4.79. The fourth-order valence-electron chi connectivity index (χ4n) is 1.28. The summed E-state index contributed by atoms with van der Waals surface area (Å²) in [5.74, 6) is 0.891. The van der Waals surface area contributed by atoms with Crippen molar-refractivity contribution in [2.75, 3.05) is 20.3 Å². The van der Waals surface area contributed by atoms with Crippen LogP contribution in [0, 0.1) is 0 Å². The first-order chi connectivity index (χ1) is 8.48. The molecule has 0 aliphatic heterocycles. The van der Waals surface area contributed by atoms with Crippen LogP contribution in [0.25, 0.3) is 0 Å². The van der Waals surface area contributed by atoms with Crippen LogP contribution in [0.4, 0.5) is 13.2 Å². The SMILES string of the molecule is COCCn1c(CCl)nnc1COCC(F)(F)F. The number of halogens is 4. The summed E-state index contributed by atoms with van der Waals surface area (Å²) in [6.07, 6.45) is -4.35. The number of rotatable bonds is 7. The van der Waals surface area contributed by atoms with Gasteiger partial charge in [0.25, 0.3) is 0 Å². The van der Waals surface area contributed by atoms with Crippen molar-refractivity contribution in [3.63, 3.8) is 0 Å². The van der Waals surface area contributed by atoms with Crippen LogP contribution in [0.15, 0.2) is 0 Å². The van der Waals surface area contributed by atoms with Gasteiger partial charge in [-0.3, -0.25) is 0 Å². The first-order valence-corrected chi connectivity index (χ1v) is 5.61. The lowest BCUT2D eigenvalue weighted by atomic mass is 10.5. The Balaban J connectivity index is 2.61. The van der Waals surface area contributed by atoms with Crippen molar-refractivity contribution in [1.29, 1.82) is 0 Å². The van der Waals surface area contributed by atoms with Crippen LogP contribution in [-0.4, -0.2) is 41.3 Å². The molecule has 0 saturated heterocycles. The smallest absolute Gasteiger partial charge is 0.383 e. The summed E-state index contributed by atoms with van der Waals surface area (Å²) in [6.45, 7) is -0.794. The van der Waals surface area contributed by atoms with Crippen LogP contribution in [0.3, 0.4) is 0 Å². The van der Waals surface area contributed by atoms with Gasteiger partial charge in [-0.2, -0.15) is 13.2 Å². The fraction of sp³-hybridized carbons (Fsp3) is 0.778. The molecule has 1 heterocycles. The lowest BCUT2D eigenvalue weighted by Crippen LogP contribution is -2.18. The highest BCUT2D eigenvalue weighted by molar-refractivity contribution is 6.16. The molecule has 1 rings (SSSR count). The average Bonchev–Trinajstić information content (AvgIpc) is 2.67. The minimum atomic E-state index is -4.35. The standard InChI is InChI=1S/C9H13ClF3N3O2/c1-17-3-2-16-7(4-10)14-15-8(16)5-18-6-9(11,12)13/h2-6H2,1H3. The number of alkyl halides is 4. The molecule has 0 radical (unpaired) electrons. The molecule has 0 fully saturated rings. The van der Waals surface area contributed by atoms with E-state index in [2.05, 4.69) is 14.9 Å². The summed E-state index contributed by atoms with van der Waals surface area (Å²) in [6, 6.07) is 0. The lowest BCUT2D eigenvalue weighted by Gasteiger charge is -2.10. The summed E-state index contributed by atoms with van der Waals surface area (Å²) < 4.78 is 46.8. The van der Waals surface area contributed by atoms with Crippen LogP contribution in [0.5, 0.6) is 0 Å². The van der Waals surface area contributed by atoms with Gasteiger partial charge in [0, 0.05) is 13.7 Å². The normalized spacial score (nSPS) is 12.1. The van der Waals surface area contributed by atoms with Crippen molar-refractivity contribution in [3.05, 3.63) is 11.6 Å². The minimum Gasteiger partial charge on any atom is -0.383 e. The summed E-state index contributed by atoms with van der Waals surface area (Å²) >= 11 is 5.65. The van der Waals surface area contributed by atoms with E-state index in [-0.39, 0.29) is 12.5 Å². The number of aromatic nitrogens is 3. The molecule has 1 aromatic heterocycles. The lowest BCUT2D eigenvalue weighted by molar-refractivity contribution is -0.177. The predicted octanol–water partition coefficient (Wildman–Crippen LogP) is 1.74. The van der Waals surface area contributed by atoms with E-state index in [4.69, 9.17) is 16.3 Å². The predicted molar refractivity (Wildman–Crippen MR) is 57.2 cm³/mol. The third-order valence-corrected chi connectivity index (χ3v) is 2.28. The molecule has 0 aliphatic carbocycles. The van der Waals surface area contributed by atoms with Crippen LogP contribution < -0.4 is 0 Å². The zero-order valence-corrected chi connectivity index (χ0v) is 10.5. The Hall–Kier alpha value is -0.860. The van der Waals surface area contributed by atoms with E-state index in [9.17, 15) is 13.2 Å². The number of nitrogens with zero attached hydrogens (tertiary/aromatic N) is 3. The van der Waals surface area contributed by atoms with Crippen molar-refractivity contribution in [2.45, 2.75) is 25.2 Å². The Bertz CT molecular complexity index is 370. The van der Waals surface area contributed by atoms with Gasteiger partial charge in [-0.05, 0) is 0 Å². The van der Waals surface area contributed by atoms with E-state index in [1.165, 1.54) is 7.11 Å². The van der Waals surface area contributed by atoms with E-state index in [0.29, 0.717) is 24.8 Å². The fourth-order valence-corrected chi connectivity index (χ4v) is 1.47. The molecule has 0 saturated carbocycles. The molecule has 0 N–H and O–H groups in total. The van der Waals surface area contributed by atoms with Crippen LogP contribution in [0.2, 0.25) is 0 Å². The Labute approximate surface area is 107 Å². The van der Waals surface area contributed by atoms with Gasteiger partial charge in [0.1, 0.15) is 19.0 Å². The molecular weight excluding hydrogens is 275 g/mol. The second-order valence-corrected chi connectivity index (χ2v) is 3.69. The molecule has 18 heavy (non-hydrogen) atoms. The second kappa shape index (κ2) is 6.91. The maximum atomic E-state index is 11.9. The van der Waals surface area contributed by atoms with Gasteiger partial charge >= 0.3 is 6.18 Å². The molecule has 1 aromatic rings. The van der Waals surface area contributed by atoms with Gasteiger partial charge < -0.3 is 14.0 Å². The number of ether oxygens (including phenoxy) is 2. The number of hydrogen-bond donors (Lipinski definition) is 0. The van der Waals surface area contributed by atoms with Crippen LogP contribution >= 0.6 is 11.6 Å². The molecule has 0 amide bonds. The van der Waals surface area contributed by atoms with Gasteiger partial charge in [0.05, 0.1) is 12.5 Å². The van der Waals surface area contributed by atoms with E-state index >= 15 is 0 Å². The van der Waals surface area contributed by atoms with Crippen molar-refractivity contribution < 1.29 is 22.6 Å². The van der Waals surface area contributed by atoms with Crippen LogP contribution in [0.1, 0.15) is 11.6 Å². The first kappa shape index (κ1) is 15.2. The summed E-state index contributed by atoms with van der Waals surface area (Å²) in [4.78, 5) is 0. The monoisotopic (exact) mass is 287 g/mol. The Morgan fingerprint density at radius 3 is 2.50 bits per heavy atom. The minimum absolute atomic E-state index is 0.121. The molecule has 9 heteroatoms. The largest absolute Gasteiger partial charge is 0.411 e. The Morgan fingerprint density at radius 2 is 1.94 bits per heavy atom. The van der Waals surface area contributed by atoms with Crippen molar-refractivity contribution >= 4 is 11.6 Å². The number of methoxy groups -OCH3 is 1. The second-order valence-electron chi connectivity index (χ2n) is 3.42. The highest BCUT2D eigenvalue weighted by atomic mass is 35.5. The molecule has 0 atom stereocenters. The topological polar surface area (TPSA) is 49.2 Å². The zero-order valence-electron chi connectivity index (χ0n) is 9.71. The van der Waals surface area contributed by atoms with Crippen molar-refractivity contribution in [3.8, 4) is 0 Å². The van der Waals surface area contributed by atoms with Gasteiger partial charge in [-0.25, -0.2) is 0 Å². The summed E-state index contributed by atoms with van der Waals surface area (Å²) in [5, 5.41) is 7.51. The van der Waals surface area contributed by atoms with E-state index in [1.54, 1.807) is 4.57 Å². The molecular formula is C9H13ClF3N3O2. The Kier molecular flexibility index (Phi) is 5.83. The van der Waals surface area contributed by atoms with Gasteiger partial charge in [-0.15, -0.1) is 21.8 Å². The van der Waals surface area contributed by atoms with Gasteiger partial charge in [-0.1, -0.05) is 0 Å².